The molecule has 2 unspecified atom stereocenters. The van der Waals surface area contributed by atoms with E-state index >= 15 is 0 Å². The topological polar surface area (TPSA) is 110 Å². The van der Waals surface area contributed by atoms with E-state index in [1.165, 1.54) is 13.4 Å². The summed E-state index contributed by atoms with van der Waals surface area (Å²) in [6.45, 7) is 3.44. The maximum Gasteiger partial charge on any atom is 0.372 e. The van der Waals surface area contributed by atoms with E-state index < -0.39 is 11.0 Å². The summed E-state index contributed by atoms with van der Waals surface area (Å²) in [4.78, 5) is 17.9. The Kier molecular flexibility index (Phi) is 4.78. The molecule has 2 N–H and O–H groups in total. The van der Waals surface area contributed by atoms with Crippen molar-refractivity contribution in [3.8, 4) is 5.88 Å². The third-order valence-corrected chi connectivity index (χ3v) is 2.24. The Morgan fingerprint density at radius 1 is 1.56 bits per heavy atom. The van der Waals surface area contributed by atoms with E-state index in [1.807, 2.05) is 0 Å². The van der Waals surface area contributed by atoms with E-state index in [0.29, 0.717) is 6.42 Å². The average molecular weight is 256 g/mol. The lowest BCUT2D eigenvalue weighted by Gasteiger charge is -2.16. The van der Waals surface area contributed by atoms with Crippen LogP contribution in [0.1, 0.15) is 20.3 Å². The number of nitro groups is 1. The number of aliphatic hydroxyl groups excluding tert-OH is 1. The van der Waals surface area contributed by atoms with Gasteiger partial charge < -0.3 is 15.2 Å². The molecule has 0 aliphatic rings. The number of anilines is 1. The van der Waals surface area contributed by atoms with Crippen LogP contribution in [0.25, 0.3) is 0 Å². The largest absolute Gasteiger partial charge is 0.476 e. The summed E-state index contributed by atoms with van der Waals surface area (Å²) >= 11 is 0. The zero-order valence-corrected chi connectivity index (χ0v) is 10.5. The van der Waals surface area contributed by atoms with Crippen molar-refractivity contribution in [3.63, 3.8) is 0 Å². The summed E-state index contributed by atoms with van der Waals surface area (Å²) in [7, 11) is 1.30. The molecule has 0 amide bonds. The van der Waals surface area contributed by atoms with Gasteiger partial charge in [0, 0.05) is 6.04 Å². The smallest absolute Gasteiger partial charge is 0.372 e. The lowest BCUT2D eigenvalue weighted by molar-refractivity contribution is -0.385. The highest BCUT2D eigenvalue weighted by Gasteiger charge is 2.24. The molecule has 100 valence electrons. The summed E-state index contributed by atoms with van der Waals surface area (Å²) in [6, 6.07) is -0.164. The van der Waals surface area contributed by atoms with Crippen LogP contribution in [0, 0.1) is 10.1 Å². The minimum atomic E-state index is -0.601. The molecule has 1 aromatic rings. The van der Waals surface area contributed by atoms with Gasteiger partial charge >= 0.3 is 5.69 Å². The predicted molar refractivity (Wildman–Crippen MR) is 64.6 cm³/mol. The van der Waals surface area contributed by atoms with Gasteiger partial charge in [0.15, 0.2) is 0 Å². The third kappa shape index (κ3) is 3.52. The van der Waals surface area contributed by atoms with Crippen LogP contribution in [-0.4, -0.2) is 39.3 Å². The van der Waals surface area contributed by atoms with Crippen molar-refractivity contribution < 1.29 is 14.8 Å². The molecule has 0 aromatic carbocycles. The van der Waals surface area contributed by atoms with Gasteiger partial charge in [-0.15, -0.1) is 0 Å². The molecule has 18 heavy (non-hydrogen) atoms. The summed E-state index contributed by atoms with van der Waals surface area (Å²) in [5.74, 6) is -0.0123. The molecule has 8 heteroatoms. The number of aromatic nitrogens is 2. The number of rotatable bonds is 6. The Morgan fingerprint density at radius 3 is 2.72 bits per heavy atom. The fourth-order valence-corrected chi connectivity index (χ4v) is 1.59. The van der Waals surface area contributed by atoms with Gasteiger partial charge in [-0.2, -0.15) is 4.98 Å². The Morgan fingerprint density at radius 2 is 2.22 bits per heavy atom. The highest BCUT2D eigenvalue weighted by molar-refractivity contribution is 5.61. The number of hydrogen-bond donors (Lipinski definition) is 2. The predicted octanol–water partition coefficient (Wildman–Crippen LogP) is 0.965. The highest BCUT2D eigenvalue weighted by Crippen LogP contribution is 2.30. The van der Waals surface area contributed by atoms with E-state index in [1.54, 1.807) is 13.8 Å². The molecule has 0 bridgehead atoms. The first-order valence-corrected chi connectivity index (χ1v) is 5.43. The van der Waals surface area contributed by atoms with Crippen LogP contribution in [0.4, 0.5) is 11.5 Å². The molecule has 1 heterocycles. The van der Waals surface area contributed by atoms with Gasteiger partial charge in [0.25, 0.3) is 5.88 Å². The normalized spacial score (nSPS) is 13.8. The van der Waals surface area contributed by atoms with E-state index in [-0.39, 0.29) is 23.4 Å². The van der Waals surface area contributed by atoms with Gasteiger partial charge in [-0.05, 0) is 20.3 Å². The fraction of sp³-hybridized carbons (Fsp3) is 0.600. The molecule has 0 saturated heterocycles. The summed E-state index contributed by atoms with van der Waals surface area (Å²) < 4.78 is 4.83. The molecule has 1 rings (SSSR count). The van der Waals surface area contributed by atoms with Gasteiger partial charge in [0.05, 0.1) is 18.1 Å². The molecule has 2 atom stereocenters. The molecule has 0 spiro atoms. The Balaban J connectivity index is 2.98. The molecule has 8 nitrogen and oxygen atoms in total. The lowest BCUT2D eigenvalue weighted by Crippen LogP contribution is -2.22. The van der Waals surface area contributed by atoms with Crippen LogP contribution < -0.4 is 10.1 Å². The summed E-state index contributed by atoms with van der Waals surface area (Å²) in [6.07, 6.45) is 1.13. The number of hydrogen-bond acceptors (Lipinski definition) is 7. The molecular formula is C10H16N4O4. The van der Waals surface area contributed by atoms with Crippen LogP contribution in [0.5, 0.6) is 5.88 Å². The molecule has 0 saturated carbocycles. The van der Waals surface area contributed by atoms with Crippen molar-refractivity contribution in [1.82, 2.24) is 9.97 Å². The van der Waals surface area contributed by atoms with Crippen LogP contribution >= 0.6 is 0 Å². The van der Waals surface area contributed by atoms with E-state index in [4.69, 9.17) is 4.74 Å². The van der Waals surface area contributed by atoms with Crippen molar-refractivity contribution in [2.24, 2.45) is 0 Å². The molecular weight excluding hydrogens is 240 g/mol. The monoisotopic (exact) mass is 256 g/mol. The van der Waals surface area contributed by atoms with Gasteiger partial charge in [-0.3, -0.25) is 10.1 Å². The second-order valence-electron chi connectivity index (χ2n) is 3.97. The molecule has 0 aliphatic carbocycles. The van der Waals surface area contributed by atoms with Crippen LogP contribution in [-0.2, 0) is 0 Å². The molecule has 1 aromatic heterocycles. The number of nitrogens with zero attached hydrogens (tertiary/aromatic N) is 3. The first-order valence-electron chi connectivity index (χ1n) is 5.43. The van der Waals surface area contributed by atoms with Crippen molar-refractivity contribution in [1.29, 1.82) is 0 Å². The molecule has 0 fully saturated rings. The maximum atomic E-state index is 11.0. The van der Waals surface area contributed by atoms with Crippen molar-refractivity contribution in [2.75, 3.05) is 12.4 Å². The number of aliphatic hydroxyl groups is 1. The SMILES string of the molecule is COc1ncnc(NC(C)CC(C)O)c1[N+](=O)[O-]. The summed E-state index contributed by atoms with van der Waals surface area (Å²) in [5.41, 5.74) is -0.308. The Hall–Kier alpha value is -1.96. The van der Waals surface area contributed by atoms with E-state index in [2.05, 4.69) is 15.3 Å². The maximum absolute atomic E-state index is 11.0. The van der Waals surface area contributed by atoms with E-state index in [0.717, 1.165) is 0 Å². The fourth-order valence-electron chi connectivity index (χ4n) is 1.59. The standard InChI is InChI=1S/C10H16N4O4/c1-6(4-7(2)15)13-9-8(14(16)17)10(18-3)12-5-11-9/h5-7,15H,4H2,1-3H3,(H,11,12,13). The Bertz CT molecular complexity index is 424. The highest BCUT2D eigenvalue weighted by atomic mass is 16.6. The lowest BCUT2D eigenvalue weighted by atomic mass is 10.1. The third-order valence-electron chi connectivity index (χ3n) is 2.24. The summed E-state index contributed by atoms with van der Waals surface area (Å²) in [5, 5.41) is 23.1. The number of methoxy groups -OCH3 is 1. The second kappa shape index (κ2) is 6.10. The van der Waals surface area contributed by atoms with Gasteiger partial charge in [0.2, 0.25) is 5.82 Å². The number of nitrogens with one attached hydrogen (secondary N) is 1. The van der Waals surface area contributed by atoms with Crippen molar-refractivity contribution >= 4 is 11.5 Å². The minimum absolute atomic E-state index is 0.0833. The second-order valence-corrected chi connectivity index (χ2v) is 3.97. The van der Waals surface area contributed by atoms with Crippen LogP contribution in [0.15, 0.2) is 6.33 Å². The van der Waals surface area contributed by atoms with E-state index in [9.17, 15) is 15.2 Å². The first-order chi connectivity index (χ1) is 8.45. The van der Waals surface area contributed by atoms with Crippen molar-refractivity contribution in [3.05, 3.63) is 16.4 Å². The molecule has 0 aliphatic heterocycles. The average Bonchev–Trinajstić information content (AvgIpc) is 2.26. The number of ether oxygens (including phenoxy) is 1. The van der Waals surface area contributed by atoms with Gasteiger partial charge in [0.1, 0.15) is 6.33 Å². The van der Waals surface area contributed by atoms with Gasteiger partial charge in [-0.1, -0.05) is 0 Å². The van der Waals surface area contributed by atoms with Gasteiger partial charge in [-0.25, -0.2) is 4.98 Å². The minimum Gasteiger partial charge on any atom is -0.476 e. The first kappa shape index (κ1) is 14.1. The zero-order chi connectivity index (χ0) is 13.7. The quantitative estimate of drug-likeness (QED) is 0.576. The molecule has 0 radical (unpaired) electrons. The zero-order valence-electron chi connectivity index (χ0n) is 10.5. The van der Waals surface area contributed by atoms with Crippen LogP contribution in [0.2, 0.25) is 0 Å². The van der Waals surface area contributed by atoms with Crippen LogP contribution in [0.3, 0.4) is 0 Å². The van der Waals surface area contributed by atoms with Crippen molar-refractivity contribution in [2.45, 2.75) is 32.4 Å². The Labute approximate surface area is 104 Å².